The Balaban J connectivity index is 2.10. The first-order valence-electron chi connectivity index (χ1n) is 7.40. The number of hydrogen-bond acceptors (Lipinski definition) is 0. The van der Waals surface area contributed by atoms with E-state index < -0.39 is 11.7 Å². The third kappa shape index (κ3) is 2.45. The Morgan fingerprint density at radius 2 is 1.68 bits per heavy atom. The number of halogens is 3. The van der Waals surface area contributed by atoms with E-state index >= 15 is 0 Å². The highest BCUT2D eigenvalue weighted by atomic mass is 19.4. The lowest BCUT2D eigenvalue weighted by Crippen LogP contribution is -2.04. The van der Waals surface area contributed by atoms with Crippen LogP contribution in [0, 0.1) is 0 Å². The Bertz CT molecular complexity index is 734. The fourth-order valence-corrected chi connectivity index (χ4v) is 3.27. The van der Waals surface area contributed by atoms with Crippen molar-refractivity contribution in [3.63, 3.8) is 0 Å². The molecule has 0 aromatic heterocycles. The van der Waals surface area contributed by atoms with Crippen LogP contribution in [-0.2, 0) is 12.6 Å². The molecule has 0 amide bonds. The van der Waals surface area contributed by atoms with E-state index in [1.807, 2.05) is 12.1 Å². The van der Waals surface area contributed by atoms with Crippen LogP contribution in [0.4, 0.5) is 13.2 Å². The van der Waals surface area contributed by atoms with Gasteiger partial charge in [-0.1, -0.05) is 42.8 Å². The highest BCUT2D eigenvalue weighted by Gasteiger charge is 2.30. The van der Waals surface area contributed by atoms with E-state index in [0.29, 0.717) is 0 Å². The van der Waals surface area contributed by atoms with Gasteiger partial charge in [-0.25, -0.2) is 0 Å². The highest BCUT2D eigenvalue weighted by Crippen LogP contribution is 2.41. The predicted molar refractivity (Wildman–Crippen MR) is 83.5 cm³/mol. The monoisotopic (exact) mass is 302 g/mol. The molecule has 0 saturated carbocycles. The summed E-state index contributed by atoms with van der Waals surface area (Å²) in [6.07, 6.45) is -2.41. The van der Waals surface area contributed by atoms with E-state index in [1.54, 1.807) is 12.1 Å². The van der Waals surface area contributed by atoms with E-state index in [9.17, 15) is 13.2 Å². The van der Waals surface area contributed by atoms with Gasteiger partial charge >= 0.3 is 6.18 Å². The fourth-order valence-electron chi connectivity index (χ4n) is 3.27. The fraction of sp³-hybridized carbons (Fsp3) is 0.263. The quantitative estimate of drug-likeness (QED) is 0.627. The van der Waals surface area contributed by atoms with E-state index in [-0.39, 0.29) is 0 Å². The summed E-state index contributed by atoms with van der Waals surface area (Å²) in [5.41, 5.74) is 6.42. The zero-order chi connectivity index (χ0) is 15.9. The maximum absolute atomic E-state index is 12.7. The molecule has 0 atom stereocenters. The van der Waals surface area contributed by atoms with Crippen LogP contribution in [0.1, 0.15) is 37.0 Å². The molecule has 22 heavy (non-hydrogen) atoms. The molecular weight excluding hydrogens is 285 g/mol. The van der Waals surface area contributed by atoms with Crippen molar-refractivity contribution in [1.29, 1.82) is 0 Å². The number of fused-ring (bicyclic) bond motifs is 1. The summed E-state index contributed by atoms with van der Waals surface area (Å²) in [6.45, 7) is 4.26. The standard InChI is InChI=1S/C19H17F3/c1-3-16-12(2)11-14-5-4-6-17(18(14)16)13-7-9-15(10-8-13)19(20,21)22/h4-10H,3,11H2,1-2H3. The Labute approximate surface area is 128 Å². The van der Waals surface area contributed by atoms with Gasteiger partial charge in [-0.3, -0.25) is 0 Å². The zero-order valence-corrected chi connectivity index (χ0v) is 12.6. The summed E-state index contributed by atoms with van der Waals surface area (Å²) < 4.78 is 38.1. The van der Waals surface area contributed by atoms with Crippen LogP contribution >= 0.6 is 0 Å². The second-order valence-corrected chi connectivity index (χ2v) is 5.70. The van der Waals surface area contributed by atoms with E-state index in [4.69, 9.17) is 0 Å². The van der Waals surface area contributed by atoms with Gasteiger partial charge < -0.3 is 0 Å². The largest absolute Gasteiger partial charge is 0.416 e. The molecule has 3 rings (SSSR count). The molecule has 0 radical (unpaired) electrons. The Morgan fingerprint density at radius 1 is 1.00 bits per heavy atom. The topological polar surface area (TPSA) is 0 Å². The van der Waals surface area contributed by atoms with Crippen LogP contribution in [0.3, 0.4) is 0 Å². The van der Waals surface area contributed by atoms with Gasteiger partial charge in [-0.15, -0.1) is 0 Å². The van der Waals surface area contributed by atoms with Crippen LogP contribution in [0.25, 0.3) is 16.7 Å². The summed E-state index contributed by atoms with van der Waals surface area (Å²) in [5.74, 6) is 0. The lowest BCUT2D eigenvalue weighted by molar-refractivity contribution is -0.137. The number of rotatable bonds is 2. The average Bonchev–Trinajstić information content (AvgIpc) is 2.81. The molecule has 1 aliphatic carbocycles. The van der Waals surface area contributed by atoms with Crippen LogP contribution in [0.15, 0.2) is 48.0 Å². The van der Waals surface area contributed by atoms with Crippen molar-refractivity contribution in [2.45, 2.75) is 32.9 Å². The van der Waals surface area contributed by atoms with Gasteiger partial charge in [0, 0.05) is 0 Å². The molecule has 2 aromatic carbocycles. The average molecular weight is 302 g/mol. The molecule has 0 heterocycles. The van der Waals surface area contributed by atoms with E-state index in [2.05, 4.69) is 19.9 Å². The minimum Gasteiger partial charge on any atom is -0.166 e. The van der Waals surface area contributed by atoms with Gasteiger partial charge in [0.15, 0.2) is 0 Å². The zero-order valence-electron chi connectivity index (χ0n) is 12.6. The normalized spacial score (nSPS) is 14.4. The van der Waals surface area contributed by atoms with Gasteiger partial charge in [0.1, 0.15) is 0 Å². The maximum atomic E-state index is 12.7. The number of allylic oxidation sites excluding steroid dienone is 2. The van der Waals surface area contributed by atoms with Crippen molar-refractivity contribution in [1.82, 2.24) is 0 Å². The third-order valence-corrected chi connectivity index (χ3v) is 4.30. The van der Waals surface area contributed by atoms with Gasteiger partial charge in [-0.2, -0.15) is 13.2 Å². The summed E-state index contributed by atoms with van der Waals surface area (Å²) in [7, 11) is 0. The summed E-state index contributed by atoms with van der Waals surface area (Å²) in [4.78, 5) is 0. The van der Waals surface area contributed by atoms with Crippen molar-refractivity contribution in [3.05, 3.63) is 64.7 Å². The molecule has 1 aliphatic rings. The summed E-state index contributed by atoms with van der Waals surface area (Å²) in [6, 6.07) is 11.5. The van der Waals surface area contributed by atoms with Crippen LogP contribution in [0.5, 0.6) is 0 Å². The first kappa shape index (κ1) is 14.9. The SMILES string of the molecule is CCC1=C(C)Cc2cccc(-c3ccc(C(F)(F)F)cc3)c21. The summed E-state index contributed by atoms with van der Waals surface area (Å²) in [5, 5.41) is 0. The van der Waals surface area contributed by atoms with Crippen molar-refractivity contribution in [3.8, 4) is 11.1 Å². The molecule has 0 aliphatic heterocycles. The first-order valence-corrected chi connectivity index (χ1v) is 7.40. The van der Waals surface area contributed by atoms with Crippen molar-refractivity contribution >= 4 is 5.57 Å². The van der Waals surface area contributed by atoms with Gasteiger partial charge in [0.25, 0.3) is 0 Å². The lowest BCUT2D eigenvalue weighted by atomic mass is 9.92. The molecular formula is C19H17F3. The Morgan fingerprint density at radius 3 is 2.27 bits per heavy atom. The first-order chi connectivity index (χ1) is 10.4. The molecule has 0 bridgehead atoms. The minimum atomic E-state index is -4.29. The van der Waals surface area contributed by atoms with E-state index in [1.165, 1.54) is 22.3 Å². The second kappa shape index (κ2) is 5.31. The second-order valence-electron chi connectivity index (χ2n) is 5.70. The molecule has 0 saturated heterocycles. The number of benzene rings is 2. The molecule has 0 fully saturated rings. The summed E-state index contributed by atoms with van der Waals surface area (Å²) >= 11 is 0. The number of alkyl halides is 3. The molecule has 2 aromatic rings. The molecule has 0 unspecified atom stereocenters. The molecule has 0 spiro atoms. The van der Waals surface area contributed by atoms with Crippen LogP contribution in [-0.4, -0.2) is 0 Å². The van der Waals surface area contributed by atoms with Gasteiger partial charge in [-0.05, 0) is 59.7 Å². The highest BCUT2D eigenvalue weighted by molar-refractivity contribution is 5.87. The van der Waals surface area contributed by atoms with Crippen molar-refractivity contribution in [2.75, 3.05) is 0 Å². The van der Waals surface area contributed by atoms with Crippen molar-refractivity contribution in [2.24, 2.45) is 0 Å². The van der Waals surface area contributed by atoms with Crippen LogP contribution in [0.2, 0.25) is 0 Å². The van der Waals surface area contributed by atoms with Gasteiger partial charge in [0.05, 0.1) is 5.56 Å². The lowest BCUT2D eigenvalue weighted by Gasteiger charge is -2.13. The Hall–Kier alpha value is -2.03. The smallest absolute Gasteiger partial charge is 0.166 e. The predicted octanol–water partition coefficient (Wildman–Crippen LogP) is 6.11. The third-order valence-electron chi connectivity index (χ3n) is 4.30. The van der Waals surface area contributed by atoms with Crippen LogP contribution < -0.4 is 0 Å². The molecule has 3 heteroatoms. The van der Waals surface area contributed by atoms with Crippen molar-refractivity contribution < 1.29 is 13.2 Å². The molecule has 0 nitrogen and oxygen atoms in total. The Kier molecular flexibility index (Phi) is 3.59. The minimum absolute atomic E-state index is 0.605. The molecule has 114 valence electrons. The molecule has 0 N–H and O–H groups in total. The van der Waals surface area contributed by atoms with E-state index in [0.717, 1.165) is 36.1 Å². The maximum Gasteiger partial charge on any atom is 0.416 e. The van der Waals surface area contributed by atoms with Gasteiger partial charge in [0.2, 0.25) is 0 Å². The number of hydrogen-bond donors (Lipinski definition) is 0.